The van der Waals surface area contributed by atoms with Crippen LogP contribution in [0.15, 0.2) is 54.6 Å². The highest BCUT2D eigenvalue weighted by molar-refractivity contribution is 7.80. The van der Waals surface area contributed by atoms with Crippen molar-refractivity contribution in [1.82, 2.24) is 0 Å². The lowest BCUT2D eigenvalue weighted by Crippen LogP contribution is -2.58. The fourth-order valence-electron chi connectivity index (χ4n) is 2.32. The third kappa shape index (κ3) is 2.80. The number of rotatable bonds is 5. The van der Waals surface area contributed by atoms with Gasteiger partial charge in [0.05, 0.1) is 0 Å². The molecule has 2 rings (SSSR count). The van der Waals surface area contributed by atoms with Crippen LogP contribution in [-0.4, -0.2) is 21.6 Å². The van der Waals surface area contributed by atoms with E-state index in [2.05, 4.69) is 0 Å². The van der Waals surface area contributed by atoms with Crippen molar-refractivity contribution >= 4 is 34.6 Å². The smallest absolute Gasteiger partial charge is 0.336 e. The van der Waals surface area contributed by atoms with Gasteiger partial charge in [0.1, 0.15) is 4.99 Å². The number of benzene rings is 2. The molecule has 2 aromatic rings. The van der Waals surface area contributed by atoms with Crippen LogP contribution in [0.3, 0.4) is 0 Å². The maximum atomic E-state index is 11.9. The number of para-hydroxylation sites is 1. The number of aliphatic carboxylic acids is 1. The van der Waals surface area contributed by atoms with E-state index in [-0.39, 0.29) is 4.99 Å². The molecule has 0 aliphatic rings. The molecule has 114 valence electrons. The third-order valence-electron chi connectivity index (χ3n) is 3.62. The Hall–Kier alpha value is -2.40. The highest BCUT2D eigenvalue weighted by Gasteiger charge is 2.44. The van der Waals surface area contributed by atoms with Crippen LogP contribution in [0, 0.1) is 6.92 Å². The maximum absolute atomic E-state index is 11.9. The summed E-state index contributed by atoms with van der Waals surface area (Å²) in [5.41, 5.74) is 6.73. The first-order chi connectivity index (χ1) is 10.4. The zero-order chi connectivity index (χ0) is 16.3. The fraction of sp³-hybridized carbons (Fsp3) is 0.176. The first-order valence-electron chi connectivity index (χ1n) is 6.82. The summed E-state index contributed by atoms with van der Waals surface area (Å²) in [5, 5.41) is 9.76. The molecule has 22 heavy (non-hydrogen) atoms. The van der Waals surface area contributed by atoms with Gasteiger partial charge in [0, 0.05) is 11.4 Å². The molecule has 4 nitrogen and oxygen atoms in total. The van der Waals surface area contributed by atoms with Gasteiger partial charge in [-0.25, -0.2) is 4.79 Å². The molecule has 5 heteroatoms. The van der Waals surface area contributed by atoms with Gasteiger partial charge in [-0.1, -0.05) is 42.5 Å². The van der Waals surface area contributed by atoms with E-state index in [1.54, 1.807) is 4.90 Å². The van der Waals surface area contributed by atoms with Gasteiger partial charge in [-0.15, -0.1) is 0 Å². The highest BCUT2D eigenvalue weighted by atomic mass is 32.1. The van der Waals surface area contributed by atoms with Crippen molar-refractivity contribution < 1.29 is 9.90 Å². The van der Waals surface area contributed by atoms with Gasteiger partial charge in [0.25, 0.3) is 0 Å². The Bertz CT molecular complexity index is 687. The number of anilines is 2. The van der Waals surface area contributed by atoms with Crippen LogP contribution < -0.4 is 10.6 Å². The number of carboxylic acids is 1. The zero-order valence-corrected chi connectivity index (χ0v) is 13.3. The van der Waals surface area contributed by atoms with Crippen molar-refractivity contribution in [2.45, 2.75) is 19.4 Å². The number of nitrogens with two attached hydrogens (primary N) is 1. The topological polar surface area (TPSA) is 66.6 Å². The molecule has 1 atom stereocenters. The highest BCUT2D eigenvalue weighted by Crippen LogP contribution is 2.34. The second-order valence-corrected chi connectivity index (χ2v) is 5.69. The predicted molar refractivity (Wildman–Crippen MR) is 92.6 cm³/mol. The van der Waals surface area contributed by atoms with Crippen LogP contribution in [-0.2, 0) is 4.79 Å². The van der Waals surface area contributed by atoms with Crippen LogP contribution in [0.4, 0.5) is 11.4 Å². The summed E-state index contributed by atoms with van der Waals surface area (Å²) in [4.78, 5) is 13.5. The van der Waals surface area contributed by atoms with Gasteiger partial charge < -0.3 is 15.7 Å². The number of carbonyl (C=O) groups is 1. The summed E-state index contributed by atoms with van der Waals surface area (Å²) in [6.45, 7) is 3.47. The van der Waals surface area contributed by atoms with Gasteiger partial charge in [-0.2, -0.15) is 0 Å². The van der Waals surface area contributed by atoms with Crippen molar-refractivity contribution in [2.75, 3.05) is 4.90 Å². The minimum absolute atomic E-state index is 0.0923. The molecule has 0 bridgehead atoms. The van der Waals surface area contributed by atoms with Gasteiger partial charge in [-0.05, 0) is 43.7 Å². The van der Waals surface area contributed by atoms with Gasteiger partial charge in [0.2, 0.25) is 0 Å². The second-order valence-electron chi connectivity index (χ2n) is 5.25. The monoisotopic (exact) mass is 314 g/mol. The van der Waals surface area contributed by atoms with Crippen molar-refractivity contribution in [2.24, 2.45) is 5.73 Å². The molecular formula is C17H18N2O2S. The lowest BCUT2D eigenvalue weighted by molar-refractivity contribution is -0.139. The van der Waals surface area contributed by atoms with Crippen LogP contribution in [0.2, 0.25) is 0 Å². The van der Waals surface area contributed by atoms with E-state index >= 15 is 0 Å². The van der Waals surface area contributed by atoms with E-state index in [1.165, 1.54) is 6.92 Å². The molecular weight excluding hydrogens is 296 g/mol. The Balaban J connectivity index is 2.71. The van der Waals surface area contributed by atoms with Gasteiger partial charge >= 0.3 is 5.97 Å². The number of thiocarbonyl (C=S) groups is 1. The lowest BCUT2D eigenvalue weighted by atomic mass is 9.97. The van der Waals surface area contributed by atoms with Crippen LogP contribution in [0.25, 0.3) is 0 Å². The Labute approximate surface area is 135 Å². The molecule has 0 radical (unpaired) electrons. The molecule has 0 fully saturated rings. The number of aryl methyl sites for hydroxylation is 1. The quantitative estimate of drug-likeness (QED) is 0.829. The standard InChI is InChI=1S/C17H18N2O2S/c1-12-7-6-10-14(11-12)19(13-8-4-3-5-9-13)17(2,15(18)22)16(20)21/h3-11H,1-2H3,(H2,18,22)(H,20,21)/t17-/m1/s1. The summed E-state index contributed by atoms with van der Waals surface area (Å²) < 4.78 is 0. The molecule has 0 unspecified atom stereocenters. The van der Waals surface area contributed by atoms with Crippen LogP contribution in [0.5, 0.6) is 0 Å². The third-order valence-corrected chi connectivity index (χ3v) is 4.02. The minimum Gasteiger partial charge on any atom is -0.479 e. The average Bonchev–Trinajstić information content (AvgIpc) is 2.48. The van der Waals surface area contributed by atoms with Gasteiger partial charge in [0.15, 0.2) is 5.54 Å². The van der Waals surface area contributed by atoms with E-state index < -0.39 is 11.5 Å². The molecule has 0 heterocycles. The summed E-state index contributed by atoms with van der Waals surface area (Å²) in [7, 11) is 0. The maximum Gasteiger partial charge on any atom is 0.336 e. The molecule has 2 aromatic carbocycles. The number of carboxylic acid groups (broad SMARTS) is 1. The lowest BCUT2D eigenvalue weighted by Gasteiger charge is -2.39. The Morgan fingerprint density at radius 1 is 1.14 bits per heavy atom. The zero-order valence-electron chi connectivity index (χ0n) is 12.5. The minimum atomic E-state index is -1.52. The normalized spacial score (nSPS) is 13.2. The SMILES string of the molecule is Cc1cccc(N(c2ccccc2)[C@@](C)(C(=O)O)C(N)=S)c1. The summed E-state index contributed by atoms with van der Waals surface area (Å²) in [5.74, 6) is -1.09. The van der Waals surface area contributed by atoms with E-state index in [1.807, 2.05) is 61.5 Å². The van der Waals surface area contributed by atoms with Gasteiger partial charge in [-0.3, -0.25) is 0 Å². The van der Waals surface area contributed by atoms with Crippen molar-refractivity contribution in [3.05, 3.63) is 60.2 Å². The second kappa shape index (κ2) is 6.15. The van der Waals surface area contributed by atoms with Crippen molar-refractivity contribution in [1.29, 1.82) is 0 Å². The Morgan fingerprint density at radius 3 is 2.23 bits per heavy atom. The molecule has 0 saturated carbocycles. The molecule has 0 aromatic heterocycles. The largest absolute Gasteiger partial charge is 0.479 e. The van der Waals surface area contributed by atoms with Crippen LogP contribution in [0.1, 0.15) is 12.5 Å². The van der Waals surface area contributed by atoms with E-state index in [4.69, 9.17) is 18.0 Å². The number of hydrogen-bond donors (Lipinski definition) is 2. The number of nitrogens with zero attached hydrogens (tertiary/aromatic N) is 1. The van der Waals surface area contributed by atoms with Crippen molar-refractivity contribution in [3.8, 4) is 0 Å². The first-order valence-corrected chi connectivity index (χ1v) is 7.23. The molecule has 3 N–H and O–H groups in total. The molecule has 0 aliphatic carbocycles. The molecule has 0 saturated heterocycles. The van der Waals surface area contributed by atoms with Crippen molar-refractivity contribution in [3.63, 3.8) is 0 Å². The molecule has 0 aliphatic heterocycles. The Morgan fingerprint density at radius 2 is 1.73 bits per heavy atom. The van der Waals surface area contributed by atoms with Crippen LogP contribution >= 0.6 is 12.2 Å². The summed E-state index contributed by atoms with van der Waals surface area (Å²) in [6.07, 6.45) is 0. The number of hydrogen-bond acceptors (Lipinski definition) is 3. The average molecular weight is 314 g/mol. The first kappa shape index (κ1) is 16.0. The summed E-state index contributed by atoms with van der Waals surface area (Å²) >= 11 is 5.07. The van der Waals surface area contributed by atoms with E-state index in [0.717, 1.165) is 11.3 Å². The Kier molecular flexibility index (Phi) is 4.47. The van der Waals surface area contributed by atoms with E-state index in [0.29, 0.717) is 5.69 Å². The molecule has 0 spiro atoms. The predicted octanol–water partition coefficient (Wildman–Crippen LogP) is 3.26. The van der Waals surface area contributed by atoms with E-state index in [9.17, 15) is 9.90 Å². The summed E-state index contributed by atoms with van der Waals surface area (Å²) in [6, 6.07) is 16.8. The fourth-order valence-corrected chi connectivity index (χ4v) is 2.50. The molecule has 0 amide bonds.